The second-order valence-electron chi connectivity index (χ2n) is 7.00. The van der Waals surface area contributed by atoms with E-state index >= 15 is 0 Å². The lowest BCUT2D eigenvalue weighted by molar-refractivity contribution is 0.0602. The van der Waals surface area contributed by atoms with Crippen LogP contribution in [0.2, 0.25) is 0 Å². The number of halogens is 1. The van der Waals surface area contributed by atoms with Crippen LogP contribution in [0.3, 0.4) is 0 Å². The van der Waals surface area contributed by atoms with E-state index in [2.05, 4.69) is 18.7 Å². The zero-order chi connectivity index (χ0) is 14.5. The Morgan fingerprint density at radius 1 is 1.10 bits per heavy atom. The Balaban J connectivity index is 1.40. The van der Waals surface area contributed by atoms with E-state index in [1.807, 2.05) is 4.90 Å². The SMILES string of the molecule is CC(C)CN1C2C3=C4C1C4N(C(=O)c1ccc(F)cc1)C32. The maximum absolute atomic E-state index is 13.0. The molecule has 4 heteroatoms. The van der Waals surface area contributed by atoms with Crippen LogP contribution in [0.25, 0.3) is 0 Å². The molecule has 1 amide bonds. The predicted octanol–water partition coefficient (Wildman–Crippen LogP) is 2.05. The van der Waals surface area contributed by atoms with Gasteiger partial charge in [0.25, 0.3) is 5.91 Å². The molecule has 108 valence electrons. The Bertz CT molecular complexity index is 667. The molecule has 2 fully saturated rings. The third kappa shape index (κ3) is 1.34. The Morgan fingerprint density at radius 3 is 2.19 bits per heavy atom. The fraction of sp³-hybridized carbons (Fsp3) is 0.471. The van der Waals surface area contributed by atoms with E-state index in [4.69, 9.17) is 0 Å². The van der Waals surface area contributed by atoms with E-state index in [0.717, 1.165) is 6.54 Å². The van der Waals surface area contributed by atoms with Crippen molar-refractivity contribution < 1.29 is 9.18 Å². The highest BCUT2D eigenvalue weighted by Gasteiger charge is 2.79. The van der Waals surface area contributed by atoms with Gasteiger partial charge in [-0.25, -0.2) is 4.39 Å². The summed E-state index contributed by atoms with van der Waals surface area (Å²) >= 11 is 0. The highest BCUT2D eigenvalue weighted by Crippen LogP contribution is 2.68. The van der Waals surface area contributed by atoms with Crippen molar-refractivity contribution in [2.45, 2.75) is 38.0 Å². The summed E-state index contributed by atoms with van der Waals surface area (Å²) in [5, 5.41) is 0. The number of hydrogen-bond donors (Lipinski definition) is 0. The number of fused-ring (bicyclic) bond motifs is 2. The smallest absolute Gasteiger partial charge is 0.255 e. The number of carbonyl (C=O) groups excluding carboxylic acids is 1. The molecule has 0 saturated heterocycles. The van der Waals surface area contributed by atoms with Gasteiger partial charge in [-0.2, -0.15) is 0 Å². The summed E-state index contributed by atoms with van der Waals surface area (Å²) < 4.78 is 13.0. The highest BCUT2D eigenvalue weighted by atomic mass is 19.1. The molecule has 21 heavy (non-hydrogen) atoms. The molecular formula is C17H17FN2O. The van der Waals surface area contributed by atoms with Crippen LogP contribution < -0.4 is 0 Å². The third-order valence-corrected chi connectivity index (χ3v) is 5.20. The van der Waals surface area contributed by atoms with Gasteiger partial charge in [-0.3, -0.25) is 9.69 Å². The van der Waals surface area contributed by atoms with Gasteiger partial charge in [0.05, 0.1) is 24.2 Å². The minimum Gasteiger partial charge on any atom is -0.321 e. The second-order valence-corrected chi connectivity index (χ2v) is 7.00. The van der Waals surface area contributed by atoms with Crippen LogP contribution in [0.15, 0.2) is 35.4 Å². The molecule has 0 bridgehead atoms. The van der Waals surface area contributed by atoms with Gasteiger partial charge in [-0.15, -0.1) is 0 Å². The van der Waals surface area contributed by atoms with Gasteiger partial charge in [0.15, 0.2) is 0 Å². The Labute approximate surface area is 123 Å². The van der Waals surface area contributed by atoms with E-state index in [1.54, 1.807) is 12.1 Å². The van der Waals surface area contributed by atoms with Crippen LogP contribution in [0.1, 0.15) is 24.2 Å². The number of piperazine rings is 1. The molecule has 2 heterocycles. The maximum Gasteiger partial charge on any atom is 0.255 e. The summed E-state index contributed by atoms with van der Waals surface area (Å²) in [5.41, 5.74) is 3.63. The third-order valence-electron chi connectivity index (χ3n) is 5.20. The summed E-state index contributed by atoms with van der Waals surface area (Å²) in [6.45, 7) is 5.61. The second kappa shape index (κ2) is 3.55. The Morgan fingerprint density at radius 2 is 1.67 bits per heavy atom. The molecular weight excluding hydrogens is 267 g/mol. The molecule has 2 aliphatic carbocycles. The molecule has 5 rings (SSSR count). The lowest BCUT2D eigenvalue weighted by atomic mass is 10.1. The standard InChI is InChI=1S/C17H17FN2O/c1-8(2)7-19-13-11-12-14(19)16(12)20(15(11)13)17(21)9-3-5-10(18)6-4-9/h3-6,8,13-16H,7H2,1-2H3. The van der Waals surface area contributed by atoms with Gasteiger partial charge in [-0.1, -0.05) is 13.8 Å². The first-order chi connectivity index (χ1) is 10.1. The lowest BCUT2D eigenvalue weighted by Gasteiger charge is -2.33. The molecule has 0 radical (unpaired) electrons. The molecule has 1 aromatic carbocycles. The fourth-order valence-electron chi connectivity index (χ4n) is 4.47. The summed E-state index contributed by atoms with van der Waals surface area (Å²) in [6, 6.07) is 7.52. The number of amides is 1. The summed E-state index contributed by atoms with van der Waals surface area (Å²) in [7, 11) is 0. The van der Waals surface area contributed by atoms with E-state index in [1.165, 1.54) is 23.3 Å². The number of nitrogens with zero attached hydrogens (tertiary/aromatic N) is 2. The van der Waals surface area contributed by atoms with E-state index in [-0.39, 0.29) is 11.7 Å². The van der Waals surface area contributed by atoms with Gasteiger partial charge in [0.1, 0.15) is 5.82 Å². The van der Waals surface area contributed by atoms with Crippen molar-refractivity contribution in [1.29, 1.82) is 0 Å². The molecule has 4 unspecified atom stereocenters. The van der Waals surface area contributed by atoms with Crippen LogP contribution in [0.4, 0.5) is 4.39 Å². The van der Waals surface area contributed by atoms with Crippen molar-refractivity contribution in [3.8, 4) is 0 Å². The molecule has 4 atom stereocenters. The minimum absolute atomic E-state index is 0.0618. The zero-order valence-corrected chi connectivity index (χ0v) is 12.1. The van der Waals surface area contributed by atoms with E-state index in [0.29, 0.717) is 35.6 Å². The quantitative estimate of drug-likeness (QED) is 0.793. The van der Waals surface area contributed by atoms with Crippen molar-refractivity contribution >= 4 is 5.91 Å². The Kier molecular flexibility index (Phi) is 2.02. The minimum atomic E-state index is -0.295. The highest BCUT2D eigenvalue weighted by molar-refractivity contribution is 5.98. The predicted molar refractivity (Wildman–Crippen MR) is 76.3 cm³/mol. The molecule has 0 spiro atoms. The van der Waals surface area contributed by atoms with Gasteiger partial charge >= 0.3 is 0 Å². The zero-order valence-electron chi connectivity index (χ0n) is 12.1. The topological polar surface area (TPSA) is 23.6 Å². The normalized spacial score (nSPS) is 34.8. The fourth-order valence-corrected chi connectivity index (χ4v) is 4.47. The number of carbonyl (C=O) groups is 1. The summed E-state index contributed by atoms with van der Waals surface area (Å²) in [6.07, 6.45) is 0. The summed E-state index contributed by atoms with van der Waals surface area (Å²) in [4.78, 5) is 17.3. The van der Waals surface area contributed by atoms with Crippen LogP contribution in [0.5, 0.6) is 0 Å². The largest absolute Gasteiger partial charge is 0.321 e. The van der Waals surface area contributed by atoms with Gasteiger partial charge in [0, 0.05) is 12.1 Å². The average Bonchev–Trinajstić information content (AvgIpc) is 3.29. The Hall–Kier alpha value is -1.68. The molecule has 2 aliphatic heterocycles. The van der Waals surface area contributed by atoms with Crippen LogP contribution in [-0.4, -0.2) is 46.4 Å². The van der Waals surface area contributed by atoms with Gasteiger partial charge in [-0.05, 0) is 41.3 Å². The van der Waals surface area contributed by atoms with Crippen molar-refractivity contribution in [3.63, 3.8) is 0 Å². The lowest BCUT2D eigenvalue weighted by Crippen LogP contribution is -2.49. The molecule has 3 nitrogen and oxygen atoms in total. The van der Waals surface area contributed by atoms with E-state index in [9.17, 15) is 9.18 Å². The van der Waals surface area contributed by atoms with Gasteiger partial charge < -0.3 is 4.90 Å². The van der Waals surface area contributed by atoms with Crippen LogP contribution in [0, 0.1) is 11.7 Å². The first kappa shape index (κ1) is 11.9. The van der Waals surface area contributed by atoms with E-state index < -0.39 is 0 Å². The molecule has 0 aromatic heterocycles. The number of benzene rings is 1. The monoisotopic (exact) mass is 284 g/mol. The van der Waals surface area contributed by atoms with Gasteiger partial charge in [0.2, 0.25) is 0 Å². The van der Waals surface area contributed by atoms with Crippen molar-refractivity contribution in [1.82, 2.24) is 9.80 Å². The van der Waals surface area contributed by atoms with Crippen LogP contribution >= 0.6 is 0 Å². The molecule has 4 aliphatic rings. The molecule has 2 saturated carbocycles. The van der Waals surface area contributed by atoms with Crippen molar-refractivity contribution in [2.75, 3.05) is 6.54 Å². The average molecular weight is 284 g/mol. The maximum atomic E-state index is 13.0. The van der Waals surface area contributed by atoms with Crippen molar-refractivity contribution in [3.05, 3.63) is 46.8 Å². The first-order valence-corrected chi connectivity index (χ1v) is 7.67. The summed E-state index contributed by atoms with van der Waals surface area (Å²) in [5.74, 6) is 0.426. The molecule has 1 aromatic rings. The molecule has 0 N–H and O–H groups in total. The first-order valence-electron chi connectivity index (χ1n) is 7.67. The van der Waals surface area contributed by atoms with Crippen LogP contribution in [-0.2, 0) is 0 Å². The number of rotatable bonds is 3. The van der Waals surface area contributed by atoms with Crippen molar-refractivity contribution in [2.24, 2.45) is 5.92 Å². The number of hydrogen-bond acceptors (Lipinski definition) is 2.